The molecule has 0 aliphatic rings. The molecule has 1 N–H and O–H groups in total. The molecule has 1 aromatic heterocycles. The summed E-state index contributed by atoms with van der Waals surface area (Å²) in [6, 6.07) is 7.71. The highest BCUT2D eigenvalue weighted by atomic mass is 32.2. The van der Waals surface area contributed by atoms with Gasteiger partial charge in [-0.1, -0.05) is 12.1 Å². The van der Waals surface area contributed by atoms with Gasteiger partial charge in [0.1, 0.15) is 5.75 Å². The molecule has 0 aliphatic heterocycles. The van der Waals surface area contributed by atoms with Crippen LogP contribution in [0.5, 0.6) is 5.75 Å². The molecule has 0 saturated heterocycles. The van der Waals surface area contributed by atoms with Crippen molar-refractivity contribution in [1.82, 2.24) is 4.98 Å². The Morgan fingerprint density at radius 2 is 2.17 bits per heavy atom. The SMILES string of the molecule is COc1ccc(CSc2scnc2C(=O)O)cc1. The van der Waals surface area contributed by atoms with E-state index in [4.69, 9.17) is 9.84 Å². The average Bonchev–Trinajstić information content (AvgIpc) is 2.85. The number of ether oxygens (including phenoxy) is 1. The number of rotatable bonds is 5. The Hall–Kier alpha value is -1.53. The topological polar surface area (TPSA) is 59.4 Å². The van der Waals surface area contributed by atoms with Crippen molar-refractivity contribution < 1.29 is 14.6 Å². The number of carbonyl (C=O) groups is 1. The maximum absolute atomic E-state index is 10.9. The van der Waals surface area contributed by atoms with E-state index in [2.05, 4.69) is 4.98 Å². The third kappa shape index (κ3) is 3.02. The first kappa shape index (κ1) is 12.9. The van der Waals surface area contributed by atoms with Gasteiger partial charge in [0.25, 0.3) is 0 Å². The molecule has 4 nitrogen and oxygen atoms in total. The molecule has 0 atom stereocenters. The number of nitrogens with zero attached hydrogens (tertiary/aromatic N) is 1. The molecule has 2 aromatic rings. The van der Waals surface area contributed by atoms with Gasteiger partial charge in [-0.15, -0.1) is 23.1 Å². The molecule has 0 radical (unpaired) electrons. The lowest BCUT2D eigenvalue weighted by atomic mass is 10.2. The maximum atomic E-state index is 10.9. The van der Waals surface area contributed by atoms with Gasteiger partial charge in [0, 0.05) is 5.75 Å². The zero-order valence-electron chi connectivity index (χ0n) is 9.62. The first-order valence-corrected chi connectivity index (χ1v) is 6.99. The average molecular weight is 281 g/mol. The molecule has 6 heteroatoms. The molecule has 0 fully saturated rings. The third-order valence-electron chi connectivity index (χ3n) is 2.27. The fourth-order valence-corrected chi connectivity index (χ4v) is 3.20. The summed E-state index contributed by atoms with van der Waals surface area (Å²) in [5.74, 6) is 0.549. The van der Waals surface area contributed by atoms with Crippen molar-refractivity contribution >= 4 is 29.1 Å². The van der Waals surface area contributed by atoms with Gasteiger partial charge in [-0.3, -0.25) is 0 Å². The molecule has 0 aliphatic carbocycles. The van der Waals surface area contributed by atoms with Gasteiger partial charge in [-0.25, -0.2) is 9.78 Å². The first-order chi connectivity index (χ1) is 8.70. The fraction of sp³-hybridized carbons (Fsp3) is 0.167. The second-order valence-electron chi connectivity index (χ2n) is 3.43. The number of carboxylic acids is 1. The Labute approximate surface area is 113 Å². The van der Waals surface area contributed by atoms with Crippen LogP contribution in [0.25, 0.3) is 0 Å². The van der Waals surface area contributed by atoms with E-state index in [0.29, 0.717) is 5.75 Å². The zero-order valence-corrected chi connectivity index (χ0v) is 11.3. The number of aromatic carboxylic acids is 1. The van der Waals surface area contributed by atoms with Crippen molar-refractivity contribution in [2.45, 2.75) is 9.96 Å². The van der Waals surface area contributed by atoms with Crippen LogP contribution in [0.1, 0.15) is 16.1 Å². The van der Waals surface area contributed by atoms with Crippen molar-refractivity contribution in [2.24, 2.45) is 0 Å². The number of carboxylic acid groups (broad SMARTS) is 1. The molecule has 0 saturated carbocycles. The molecule has 0 unspecified atom stereocenters. The summed E-state index contributed by atoms with van der Waals surface area (Å²) in [6.45, 7) is 0. The number of hydrogen-bond acceptors (Lipinski definition) is 5. The van der Waals surface area contributed by atoms with E-state index < -0.39 is 5.97 Å². The van der Waals surface area contributed by atoms with Crippen LogP contribution in [0.2, 0.25) is 0 Å². The number of hydrogen-bond donors (Lipinski definition) is 1. The standard InChI is InChI=1S/C12H11NO3S2/c1-16-9-4-2-8(3-5-9)6-17-12-10(11(14)15)13-7-18-12/h2-5,7H,6H2,1H3,(H,14,15). The van der Waals surface area contributed by atoms with Gasteiger partial charge >= 0.3 is 5.97 Å². The van der Waals surface area contributed by atoms with E-state index in [-0.39, 0.29) is 5.69 Å². The predicted octanol–water partition coefficient (Wildman–Crippen LogP) is 3.14. The molecule has 0 bridgehead atoms. The second kappa shape index (κ2) is 5.88. The monoisotopic (exact) mass is 281 g/mol. The summed E-state index contributed by atoms with van der Waals surface area (Å²) in [6.07, 6.45) is 0. The number of methoxy groups -OCH3 is 1. The van der Waals surface area contributed by atoms with Gasteiger partial charge < -0.3 is 9.84 Å². The van der Waals surface area contributed by atoms with Crippen LogP contribution < -0.4 is 4.74 Å². The van der Waals surface area contributed by atoms with Crippen LogP contribution in [0.4, 0.5) is 0 Å². The van der Waals surface area contributed by atoms with Crippen LogP contribution >= 0.6 is 23.1 Å². The summed E-state index contributed by atoms with van der Waals surface area (Å²) in [5, 5.41) is 8.93. The molecule has 1 aromatic carbocycles. The number of aromatic nitrogens is 1. The first-order valence-electron chi connectivity index (χ1n) is 5.13. The van der Waals surface area contributed by atoms with Gasteiger partial charge in [-0.05, 0) is 17.7 Å². The minimum Gasteiger partial charge on any atom is -0.497 e. The number of benzene rings is 1. The van der Waals surface area contributed by atoms with Crippen molar-refractivity contribution in [3.8, 4) is 5.75 Å². The molecule has 2 rings (SSSR count). The lowest BCUT2D eigenvalue weighted by Crippen LogP contribution is -1.97. The Bertz CT molecular complexity index is 537. The van der Waals surface area contributed by atoms with Crippen LogP contribution in [-0.2, 0) is 5.75 Å². The zero-order chi connectivity index (χ0) is 13.0. The molecule has 94 valence electrons. The van der Waals surface area contributed by atoms with Crippen LogP contribution in [0, 0.1) is 0 Å². The third-order valence-corrected chi connectivity index (χ3v) is 4.46. The second-order valence-corrected chi connectivity index (χ2v) is 5.53. The molecule has 18 heavy (non-hydrogen) atoms. The van der Waals surface area contributed by atoms with Crippen molar-refractivity contribution in [3.63, 3.8) is 0 Å². The van der Waals surface area contributed by atoms with E-state index in [1.165, 1.54) is 23.1 Å². The highest BCUT2D eigenvalue weighted by Gasteiger charge is 2.13. The smallest absolute Gasteiger partial charge is 0.356 e. The molecule has 1 heterocycles. The van der Waals surface area contributed by atoms with Crippen LogP contribution in [0.3, 0.4) is 0 Å². The van der Waals surface area contributed by atoms with Crippen molar-refractivity contribution in [1.29, 1.82) is 0 Å². The van der Waals surface area contributed by atoms with Gasteiger partial charge in [-0.2, -0.15) is 0 Å². The Balaban J connectivity index is 2.02. The van der Waals surface area contributed by atoms with Crippen molar-refractivity contribution in [2.75, 3.05) is 7.11 Å². The summed E-state index contributed by atoms with van der Waals surface area (Å²) in [7, 11) is 1.63. The van der Waals surface area contributed by atoms with Gasteiger partial charge in [0.2, 0.25) is 0 Å². The lowest BCUT2D eigenvalue weighted by molar-refractivity contribution is 0.0688. The quantitative estimate of drug-likeness (QED) is 0.853. The Morgan fingerprint density at radius 3 is 2.78 bits per heavy atom. The number of thioether (sulfide) groups is 1. The van der Waals surface area contributed by atoms with Crippen molar-refractivity contribution in [3.05, 3.63) is 41.0 Å². The fourth-order valence-electron chi connectivity index (χ4n) is 1.35. The molecular weight excluding hydrogens is 270 g/mol. The summed E-state index contributed by atoms with van der Waals surface area (Å²) < 4.78 is 5.81. The highest BCUT2D eigenvalue weighted by Crippen LogP contribution is 2.30. The molecule has 0 amide bonds. The predicted molar refractivity (Wildman–Crippen MR) is 71.6 cm³/mol. The highest BCUT2D eigenvalue weighted by molar-refractivity contribution is 8.00. The summed E-state index contributed by atoms with van der Waals surface area (Å²) in [4.78, 5) is 14.7. The summed E-state index contributed by atoms with van der Waals surface area (Å²) >= 11 is 2.83. The molecule has 0 spiro atoms. The van der Waals surface area contributed by atoms with Gasteiger partial charge in [0.05, 0.1) is 16.8 Å². The van der Waals surface area contributed by atoms with Gasteiger partial charge in [0.15, 0.2) is 5.69 Å². The molecular formula is C12H11NO3S2. The minimum absolute atomic E-state index is 0.138. The summed E-state index contributed by atoms with van der Waals surface area (Å²) in [5.41, 5.74) is 2.81. The Morgan fingerprint density at radius 1 is 1.44 bits per heavy atom. The van der Waals surface area contributed by atoms with E-state index in [0.717, 1.165) is 15.5 Å². The van der Waals surface area contributed by atoms with E-state index >= 15 is 0 Å². The largest absolute Gasteiger partial charge is 0.497 e. The normalized spacial score (nSPS) is 10.3. The van der Waals surface area contributed by atoms with Crippen LogP contribution in [0.15, 0.2) is 34.0 Å². The lowest BCUT2D eigenvalue weighted by Gasteiger charge is -2.02. The maximum Gasteiger partial charge on any atom is 0.356 e. The van der Waals surface area contributed by atoms with E-state index in [1.807, 2.05) is 24.3 Å². The van der Waals surface area contributed by atoms with E-state index in [9.17, 15) is 4.79 Å². The Kier molecular flexibility index (Phi) is 4.22. The van der Waals surface area contributed by atoms with E-state index in [1.54, 1.807) is 12.6 Å². The van der Waals surface area contributed by atoms with Crippen LogP contribution in [-0.4, -0.2) is 23.2 Å². The number of thiazole rings is 1. The minimum atomic E-state index is -0.978.